The molecule has 0 unspecified atom stereocenters. The van der Waals surface area contributed by atoms with E-state index in [-0.39, 0.29) is 30.4 Å². The van der Waals surface area contributed by atoms with E-state index in [2.05, 4.69) is 52.3 Å². The van der Waals surface area contributed by atoms with Crippen LogP contribution in [0.1, 0.15) is 36.2 Å². The molecule has 1 aliphatic rings. The van der Waals surface area contributed by atoms with E-state index in [1.807, 2.05) is 13.8 Å². The minimum absolute atomic E-state index is 0. The Bertz CT molecular complexity index is 1290. The first kappa shape index (κ1) is 23.8. The number of nitrogens with one attached hydrogen (secondary N) is 1. The molecule has 0 bridgehead atoms. The van der Waals surface area contributed by atoms with Gasteiger partial charge in [-0.25, -0.2) is 15.0 Å². The first-order valence-electron chi connectivity index (χ1n) is 9.57. The lowest BCUT2D eigenvalue weighted by Crippen LogP contribution is -2.24. The predicted octanol–water partition coefficient (Wildman–Crippen LogP) is 6.68. The van der Waals surface area contributed by atoms with Gasteiger partial charge < -0.3 is 10.1 Å². The summed E-state index contributed by atoms with van der Waals surface area (Å²) in [6.07, 6.45) is 2.53. The summed E-state index contributed by atoms with van der Waals surface area (Å²) in [5.74, 6) is 1.81. The van der Waals surface area contributed by atoms with Gasteiger partial charge in [-0.1, -0.05) is 23.7 Å². The summed E-state index contributed by atoms with van der Waals surface area (Å²) >= 11 is 8.04. The van der Waals surface area contributed by atoms with Gasteiger partial charge in [-0.05, 0) is 50.5 Å². The van der Waals surface area contributed by atoms with E-state index < -0.39 is 0 Å². The SMILES string of the molecule is Cc1nc2sc3c(NCc4ccc5c(c4)CC(C)(C)O5)ncnc3c2c(C)c1Cl.Cl.Cl. The molecule has 31 heavy (non-hydrogen) atoms. The Hall–Kier alpha value is -1.86. The zero-order valence-corrected chi connectivity index (χ0v) is 20.8. The molecule has 4 aromatic rings. The fourth-order valence-electron chi connectivity index (χ4n) is 3.98. The molecule has 5 rings (SSSR count). The molecule has 0 amide bonds. The molecule has 0 spiro atoms. The standard InChI is InChI=1S/C22H21ClN4OS.2ClH/c1-11-16-18-19(29-21(16)27-12(2)17(11)23)20(26-10-25-18)24-9-13-5-6-15-14(7-13)8-22(3,4)28-15;;/h5-7,10H,8-9H2,1-4H3,(H,24,25,26);2*1H. The summed E-state index contributed by atoms with van der Waals surface area (Å²) in [4.78, 5) is 14.6. The number of ether oxygens (including phenoxy) is 1. The van der Waals surface area contributed by atoms with Crippen molar-refractivity contribution in [2.75, 3.05) is 5.32 Å². The lowest BCUT2D eigenvalue weighted by atomic mass is 10.0. The van der Waals surface area contributed by atoms with Gasteiger partial charge in [0, 0.05) is 18.4 Å². The van der Waals surface area contributed by atoms with Gasteiger partial charge >= 0.3 is 0 Å². The van der Waals surface area contributed by atoms with Crippen molar-refractivity contribution in [1.29, 1.82) is 0 Å². The van der Waals surface area contributed by atoms with Crippen LogP contribution in [0.2, 0.25) is 5.02 Å². The van der Waals surface area contributed by atoms with Crippen molar-refractivity contribution in [3.05, 3.63) is 51.9 Å². The van der Waals surface area contributed by atoms with E-state index in [0.29, 0.717) is 11.6 Å². The van der Waals surface area contributed by atoms with Crippen LogP contribution in [0, 0.1) is 13.8 Å². The second kappa shape index (κ2) is 8.58. The van der Waals surface area contributed by atoms with Crippen LogP contribution in [0.15, 0.2) is 24.5 Å². The molecule has 1 N–H and O–H groups in total. The topological polar surface area (TPSA) is 59.9 Å². The van der Waals surface area contributed by atoms with Crippen molar-refractivity contribution >= 4 is 74.0 Å². The molecular weight excluding hydrogens is 475 g/mol. The van der Waals surface area contributed by atoms with Crippen molar-refractivity contribution in [2.24, 2.45) is 0 Å². The third-order valence-corrected chi connectivity index (χ3v) is 6.97. The molecule has 3 aromatic heterocycles. The molecule has 4 heterocycles. The normalized spacial score (nSPS) is 14.0. The number of pyridine rings is 1. The van der Waals surface area contributed by atoms with Crippen LogP contribution in [0.25, 0.3) is 20.4 Å². The Morgan fingerprint density at radius 2 is 1.97 bits per heavy atom. The third kappa shape index (κ3) is 4.14. The molecule has 164 valence electrons. The number of aryl methyl sites for hydroxylation is 2. The van der Waals surface area contributed by atoms with Gasteiger partial charge in [-0.2, -0.15) is 0 Å². The first-order valence-corrected chi connectivity index (χ1v) is 10.8. The van der Waals surface area contributed by atoms with Gasteiger partial charge in [-0.15, -0.1) is 36.2 Å². The quantitative estimate of drug-likeness (QED) is 0.342. The maximum absolute atomic E-state index is 6.43. The maximum atomic E-state index is 6.43. The van der Waals surface area contributed by atoms with Crippen molar-refractivity contribution in [3.8, 4) is 5.75 Å². The molecule has 5 nitrogen and oxygen atoms in total. The van der Waals surface area contributed by atoms with Crippen molar-refractivity contribution in [1.82, 2.24) is 15.0 Å². The van der Waals surface area contributed by atoms with E-state index in [9.17, 15) is 0 Å². The van der Waals surface area contributed by atoms with E-state index >= 15 is 0 Å². The van der Waals surface area contributed by atoms with Crippen LogP contribution < -0.4 is 10.1 Å². The number of aromatic nitrogens is 3. The lowest BCUT2D eigenvalue weighted by Gasteiger charge is -2.16. The smallest absolute Gasteiger partial charge is 0.147 e. The van der Waals surface area contributed by atoms with Gasteiger partial charge in [0.15, 0.2) is 0 Å². The molecule has 0 saturated heterocycles. The molecule has 0 fully saturated rings. The fraction of sp³-hybridized carbons (Fsp3) is 0.318. The molecule has 0 saturated carbocycles. The van der Waals surface area contributed by atoms with Gasteiger partial charge in [0.1, 0.15) is 28.3 Å². The molecule has 0 radical (unpaired) electrons. The number of hydrogen-bond donors (Lipinski definition) is 1. The van der Waals surface area contributed by atoms with Crippen molar-refractivity contribution in [3.63, 3.8) is 0 Å². The molecule has 0 atom stereocenters. The Labute approximate surface area is 202 Å². The maximum Gasteiger partial charge on any atom is 0.147 e. The summed E-state index contributed by atoms with van der Waals surface area (Å²) in [6, 6.07) is 6.38. The van der Waals surface area contributed by atoms with Crippen LogP contribution in [0.4, 0.5) is 5.82 Å². The number of thiophene rings is 1. The van der Waals surface area contributed by atoms with Crippen LogP contribution in [0.5, 0.6) is 5.75 Å². The Balaban J connectivity index is 0.00000136. The average molecular weight is 498 g/mol. The minimum Gasteiger partial charge on any atom is -0.487 e. The number of hydrogen-bond acceptors (Lipinski definition) is 6. The highest BCUT2D eigenvalue weighted by Crippen LogP contribution is 2.39. The number of fused-ring (bicyclic) bond motifs is 4. The second-order valence-corrected chi connectivity index (χ2v) is 9.53. The molecule has 1 aromatic carbocycles. The summed E-state index contributed by atoms with van der Waals surface area (Å²) in [7, 11) is 0. The predicted molar refractivity (Wildman–Crippen MR) is 134 cm³/mol. The average Bonchev–Trinajstić information content (AvgIpc) is 3.19. The second-order valence-electron chi connectivity index (χ2n) is 8.15. The van der Waals surface area contributed by atoms with Crippen molar-refractivity contribution < 1.29 is 4.74 Å². The van der Waals surface area contributed by atoms with E-state index in [1.165, 1.54) is 11.1 Å². The number of rotatable bonds is 3. The summed E-state index contributed by atoms with van der Waals surface area (Å²) in [5.41, 5.74) is 5.09. The van der Waals surface area contributed by atoms with Gasteiger partial charge in [0.05, 0.1) is 20.9 Å². The zero-order chi connectivity index (χ0) is 20.3. The van der Waals surface area contributed by atoms with Gasteiger partial charge in [0.25, 0.3) is 0 Å². The van der Waals surface area contributed by atoms with E-state index in [4.69, 9.17) is 16.3 Å². The number of halogens is 3. The van der Waals surface area contributed by atoms with Crippen LogP contribution in [-0.4, -0.2) is 20.6 Å². The Kier molecular flexibility index (Phi) is 6.59. The van der Waals surface area contributed by atoms with Crippen LogP contribution >= 0.6 is 47.8 Å². The third-order valence-electron chi connectivity index (χ3n) is 5.33. The Morgan fingerprint density at radius 3 is 2.74 bits per heavy atom. The lowest BCUT2D eigenvalue weighted by molar-refractivity contribution is 0.138. The summed E-state index contributed by atoms with van der Waals surface area (Å²) < 4.78 is 6.98. The fourth-order valence-corrected chi connectivity index (χ4v) is 5.32. The van der Waals surface area contributed by atoms with Crippen molar-refractivity contribution in [2.45, 2.75) is 46.3 Å². The van der Waals surface area contributed by atoms with Gasteiger partial charge in [-0.3, -0.25) is 0 Å². The van der Waals surface area contributed by atoms with E-state index in [1.54, 1.807) is 17.7 Å². The number of nitrogens with zero attached hydrogens (tertiary/aromatic N) is 3. The van der Waals surface area contributed by atoms with Crippen LogP contribution in [-0.2, 0) is 13.0 Å². The molecule has 1 aliphatic heterocycles. The monoisotopic (exact) mass is 496 g/mol. The summed E-state index contributed by atoms with van der Waals surface area (Å²) in [6.45, 7) is 8.87. The van der Waals surface area contributed by atoms with E-state index in [0.717, 1.165) is 49.7 Å². The highest BCUT2D eigenvalue weighted by atomic mass is 35.5. The van der Waals surface area contributed by atoms with Gasteiger partial charge in [0.2, 0.25) is 0 Å². The molecule has 9 heteroatoms. The first-order chi connectivity index (χ1) is 13.8. The zero-order valence-electron chi connectivity index (χ0n) is 17.6. The number of anilines is 1. The van der Waals surface area contributed by atoms with Crippen LogP contribution in [0.3, 0.4) is 0 Å². The minimum atomic E-state index is -0.130. The highest BCUT2D eigenvalue weighted by molar-refractivity contribution is 7.26. The highest BCUT2D eigenvalue weighted by Gasteiger charge is 2.29. The largest absolute Gasteiger partial charge is 0.487 e. The number of benzene rings is 1. The Morgan fingerprint density at radius 1 is 1.19 bits per heavy atom. The molecule has 0 aliphatic carbocycles. The summed E-state index contributed by atoms with van der Waals surface area (Å²) in [5, 5.41) is 5.20. The molecular formula is C22H23Cl3N4OS.